The van der Waals surface area contributed by atoms with Gasteiger partial charge < -0.3 is 24.5 Å². The summed E-state index contributed by atoms with van der Waals surface area (Å²) in [6.45, 7) is 2.75. The molecule has 1 aromatic carbocycles. The number of carbonyl (C=O) groups is 2. The summed E-state index contributed by atoms with van der Waals surface area (Å²) in [5.74, 6) is -0.0756. The number of carboxylic acid groups (broad SMARTS) is 1. The van der Waals surface area contributed by atoms with Crippen molar-refractivity contribution in [2.75, 3.05) is 38.8 Å². The van der Waals surface area contributed by atoms with Crippen LogP contribution in [-0.2, 0) is 17.7 Å². The van der Waals surface area contributed by atoms with Gasteiger partial charge in [-0.15, -0.1) is 11.3 Å². The highest BCUT2D eigenvalue weighted by atomic mass is 35.5. The number of carboxylic acids is 1. The van der Waals surface area contributed by atoms with Gasteiger partial charge in [-0.05, 0) is 79.7 Å². The van der Waals surface area contributed by atoms with E-state index < -0.39 is 18.0 Å². The van der Waals surface area contributed by atoms with Gasteiger partial charge in [-0.1, -0.05) is 35.3 Å². The minimum Gasteiger partial charge on any atom is -0.619 e. The summed E-state index contributed by atoms with van der Waals surface area (Å²) < 4.78 is 17.6. The normalized spacial score (nSPS) is 19.0. The van der Waals surface area contributed by atoms with E-state index in [9.17, 15) is 19.9 Å². The van der Waals surface area contributed by atoms with E-state index in [0.29, 0.717) is 56.1 Å². The molecule has 0 aliphatic carbocycles. The van der Waals surface area contributed by atoms with Crippen molar-refractivity contribution in [1.82, 2.24) is 9.88 Å². The van der Waals surface area contributed by atoms with E-state index in [1.54, 1.807) is 42.6 Å². The maximum Gasteiger partial charge on any atom is 0.416 e. The minimum absolute atomic E-state index is 0.0313. The first-order valence-electron chi connectivity index (χ1n) is 15.4. The molecular formula is C34H34Cl2N4O7S. The summed E-state index contributed by atoms with van der Waals surface area (Å²) in [5.41, 5.74) is 1.66. The van der Waals surface area contributed by atoms with E-state index in [4.69, 9.17) is 37.4 Å². The lowest BCUT2D eigenvalue weighted by Crippen LogP contribution is -2.53. The summed E-state index contributed by atoms with van der Waals surface area (Å²) in [6.07, 6.45) is 5.38. The number of aromatic nitrogens is 2. The first-order valence-corrected chi connectivity index (χ1v) is 17.0. The number of fused-ring (bicyclic) bond motifs is 3. The number of thiophene rings is 1. The molecule has 4 aromatic rings. The molecule has 0 spiro atoms. The Labute approximate surface area is 291 Å². The van der Waals surface area contributed by atoms with Gasteiger partial charge in [0.2, 0.25) is 0 Å². The molecule has 3 aromatic heterocycles. The monoisotopic (exact) mass is 712 g/mol. The van der Waals surface area contributed by atoms with Crippen molar-refractivity contribution < 1.29 is 33.6 Å². The van der Waals surface area contributed by atoms with Crippen LogP contribution >= 0.6 is 34.5 Å². The van der Waals surface area contributed by atoms with Gasteiger partial charge in [0.15, 0.2) is 23.9 Å². The van der Waals surface area contributed by atoms with Gasteiger partial charge in [-0.3, -0.25) is 9.80 Å². The molecule has 0 unspecified atom stereocenters. The van der Waals surface area contributed by atoms with E-state index in [1.165, 1.54) is 31.5 Å². The average molecular weight is 714 g/mol. The molecule has 7 rings (SSSR count). The molecule has 3 saturated heterocycles. The summed E-state index contributed by atoms with van der Waals surface area (Å²) in [5, 5.41) is 22.8. The zero-order chi connectivity index (χ0) is 33.9. The predicted molar refractivity (Wildman–Crippen MR) is 182 cm³/mol. The third-order valence-corrected chi connectivity index (χ3v) is 10.7. The Morgan fingerprint density at radius 3 is 2.44 bits per heavy atom. The molecule has 0 saturated carbocycles. The Hall–Kier alpha value is -4.10. The third-order valence-electron chi connectivity index (χ3n) is 8.97. The molecule has 0 radical (unpaired) electrons. The van der Waals surface area contributed by atoms with Gasteiger partial charge in [0.25, 0.3) is 0 Å². The van der Waals surface area contributed by atoms with E-state index in [1.807, 2.05) is 6.07 Å². The van der Waals surface area contributed by atoms with Crippen LogP contribution in [0.15, 0.2) is 61.1 Å². The van der Waals surface area contributed by atoms with Crippen LogP contribution in [0.1, 0.15) is 50.0 Å². The van der Waals surface area contributed by atoms with Crippen molar-refractivity contribution in [3.63, 3.8) is 0 Å². The van der Waals surface area contributed by atoms with E-state index in [-0.39, 0.29) is 34.0 Å². The van der Waals surface area contributed by atoms with Gasteiger partial charge in [0.05, 0.1) is 20.8 Å². The lowest BCUT2D eigenvalue weighted by atomic mass is 9.85. The predicted octanol–water partition coefficient (Wildman–Crippen LogP) is 6.41. The number of hydrogen-bond acceptors (Lipinski definition) is 9. The molecule has 3 fully saturated rings. The van der Waals surface area contributed by atoms with Crippen LogP contribution in [0.5, 0.6) is 11.5 Å². The highest BCUT2D eigenvalue weighted by Crippen LogP contribution is 2.41. The maximum absolute atomic E-state index is 13.8. The first kappa shape index (κ1) is 33.8. The van der Waals surface area contributed by atoms with Crippen LogP contribution in [0, 0.1) is 11.1 Å². The number of benzene rings is 1. The Kier molecular flexibility index (Phi) is 10.3. The van der Waals surface area contributed by atoms with Crippen molar-refractivity contribution in [1.29, 1.82) is 0 Å². The number of amides is 1. The molecular weight excluding hydrogens is 679 g/mol. The maximum atomic E-state index is 13.8. The number of pyridine rings is 2. The SMILES string of the molecule is COc1ccc([C@H](Cc2c(Cl)c[n+]([O-])cc2Cl)c2cc(CN(C(=O)O[C@H]3CN4CCC3CC4)c3ccccn3)sc2C(=O)O)cc1OC. The first-order chi connectivity index (χ1) is 23.1. The molecule has 252 valence electrons. The third kappa shape index (κ3) is 7.17. The van der Waals surface area contributed by atoms with Gasteiger partial charge in [-0.2, -0.15) is 4.73 Å². The molecule has 14 heteroatoms. The van der Waals surface area contributed by atoms with Crippen LogP contribution in [0.4, 0.5) is 10.6 Å². The Morgan fingerprint density at radius 1 is 1.10 bits per heavy atom. The number of piperidine rings is 3. The summed E-state index contributed by atoms with van der Waals surface area (Å²) in [6, 6.07) is 12.4. The summed E-state index contributed by atoms with van der Waals surface area (Å²) in [7, 11) is 3.04. The molecule has 2 atom stereocenters. The molecule has 1 amide bonds. The second-order valence-electron chi connectivity index (χ2n) is 11.8. The second-order valence-corrected chi connectivity index (χ2v) is 13.8. The molecule has 2 bridgehead atoms. The highest BCUT2D eigenvalue weighted by molar-refractivity contribution is 7.14. The summed E-state index contributed by atoms with van der Waals surface area (Å²) in [4.78, 5) is 35.5. The number of anilines is 1. The second kappa shape index (κ2) is 14.6. The van der Waals surface area contributed by atoms with Crippen molar-refractivity contribution in [3.8, 4) is 11.5 Å². The Bertz CT molecular complexity index is 1780. The van der Waals surface area contributed by atoms with Crippen molar-refractivity contribution in [2.45, 2.75) is 37.8 Å². The fourth-order valence-electron chi connectivity index (χ4n) is 6.51. The van der Waals surface area contributed by atoms with Crippen LogP contribution < -0.4 is 19.1 Å². The van der Waals surface area contributed by atoms with E-state index >= 15 is 0 Å². The molecule has 48 heavy (non-hydrogen) atoms. The number of nitrogens with zero attached hydrogens (tertiary/aromatic N) is 4. The van der Waals surface area contributed by atoms with Crippen molar-refractivity contribution in [3.05, 3.63) is 103 Å². The molecule has 6 heterocycles. The smallest absolute Gasteiger partial charge is 0.416 e. The fraction of sp³-hybridized carbons (Fsp3) is 0.353. The standard InChI is InChI=1S/C34H34Cl2N4O7S/c1-45-28-7-6-21(13-29(28)46-2)23(15-25-26(35)17-39(44)18-27(25)36)24-14-22(48-32(24)33(41)42)16-40(31-5-3-4-10-37-31)34(43)47-30-19-38-11-8-20(30)9-12-38/h3-7,10,13-14,17-18,20,23,30H,8-9,11-12,15-16,19H2,1-2H3,(H,41,42)/t23-,30-/m0/s1. The number of methoxy groups -OCH3 is 2. The van der Waals surface area contributed by atoms with Gasteiger partial charge in [-0.25, -0.2) is 14.6 Å². The fourth-order valence-corrected chi connectivity index (χ4v) is 8.16. The lowest BCUT2D eigenvalue weighted by molar-refractivity contribution is -0.605. The zero-order valence-electron chi connectivity index (χ0n) is 26.3. The molecule has 11 nitrogen and oxygen atoms in total. The van der Waals surface area contributed by atoms with Crippen LogP contribution in [0.2, 0.25) is 10.0 Å². The largest absolute Gasteiger partial charge is 0.619 e. The Balaban J connectivity index is 1.39. The van der Waals surface area contributed by atoms with Gasteiger partial charge >= 0.3 is 12.1 Å². The Morgan fingerprint density at radius 2 is 1.83 bits per heavy atom. The van der Waals surface area contributed by atoms with Gasteiger partial charge in [0.1, 0.15) is 26.8 Å². The number of ether oxygens (including phenoxy) is 3. The quantitative estimate of drug-likeness (QED) is 0.139. The van der Waals surface area contributed by atoms with Crippen LogP contribution in [0.3, 0.4) is 0 Å². The number of aromatic carboxylic acids is 1. The van der Waals surface area contributed by atoms with Crippen molar-refractivity contribution >= 4 is 52.4 Å². The number of halogens is 2. The van der Waals surface area contributed by atoms with E-state index in [0.717, 1.165) is 37.3 Å². The van der Waals surface area contributed by atoms with Crippen LogP contribution in [-0.4, -0.2) is 67.0 Å². The molecule has 3 aliphatic heterocycles. The van der Waals surface area contributed by atoms with Gasteiger partial charge in [0, 0.05) is 29.1 Å². The number of hydrogen-bond donors (Lipinski definition) is 1. The molecule has 1 N–H and O–H groups in total. The zero-order valence-corrected chi connectivity index (χ0v) is 28.6. The lowest BCUT2D eigenvalue weighted by Gasteiger charge is -2.44. The topological polar surface area (TPSA) is 128 Å². The molecule has 3 aliphatic rings. The van der Waals surface area contributed by atoms with E-state index in [2.05, 4.69) is 9.88 Å². The number of carbonyl (C=O) groups excluding carboxylic acids is 1. The summed E-state index contributed by atoms with van der Waals surface area (Å²) >= 11 is 14.1. The average Bonchev–Trinajstić information content (AvgIpc) is 3.51. The highest BCUT2D eigenvalue weighted by Gasteiger charge is 2.38. The number of rotatable bonds is 11. The minimum atomic E-state index is -1.13. The van der Waals surface area contributed by atoms with Crippen molar-refractivity contribution in [2.24, 2.45) is 5.92 Å². The van der Waals surface area contributed by atoms with Crippen LogP contribution in [0.25, 0.3) is 0 Å².